The number of amides is 1. The molecule has 2 aliphatic rings. The summed E-state index contributed by atoms with van der Waals surface area (Å²) in [6, 6.07) is 16.2. The fourth-order valence-electron chi connectivity index (χ4n) is 4.67. The minimum absolute atomic E-state index is 0.218. The molecule has 3 N–H and O–H groups in total. The normalized spacial score (nSPS) is 25.2. The molecule has 8 heteroatoms. The molecule has 2 aromatic carbocycles. The highest BCUT2D eigenvalue weighted by molar-refractivity contribution is 5.94. The predicted octanol–water partition coefficient (Wildman–Crippen LogP) is 2.58. The van der Waals surface area contributed by atoms with Crippen LogP contribution < -0.4 is 16.2 Å². The van der Waals surface area contributed by atoms with Crippen LogP contribution in [-0.2, 0) is 6.54 Å². The molecule has 5 rings (SSSR count). The quantitative estimate of drug-likeness (QED) is 0.591. The van der Waals surface area contributed by atoms with Gasteiger partial charge in [0.2, 0.25) is 0 Å². The first-order valence-electron chi connectivity index (χ1n) is 10.7. The molecular weight excluding hydrogens is 395 g/mol. The van der Waals surface area contributed by atoms with Crippen LogP contribution in [-0.4, -0.2) is 33.1 Å². The Morgan fingerprint density at radius 3 is 2.84 bits per heavy atom. The van der Waals surface area contributed by atoms with Gasteiger partial charge < -0.3 is 5.32 Å². The van der Waals surface area contributed by atoms with Gasteiger partial charge in [0, 0.05) is 29.6 Å². The van der Waals surface area contributed by atoms with Crippen molar-refractivity contribution in [2.75, 3.05) is 0 Å². The minimum atomic E-state index is -0.417. The van der Waals surface area contributed by atoms with E-state index >= 15 is 0 Å². The Bertz CT molecular complexity index is 1050. The summed E-state index contributed by atoms with van der Waals surface area (Å²) in [7, 11) is 0. The van der Waals surface area contributed by atoms with Crippen molar-refractivity contribution in [3.8, 4) is 0 Å². The molecule has 0 bridgehead atoms. The Morgan fingerprint density at radius 1 is 1.13 bits per heavy atom. The molecule has 1 saturated heterocycles. The lowest BCUT2D eigenvalue weighted by molar-refractivity contribution is 0.0914. The van der Waals surface area contributed by atoms with Crippen LogP contribution in [0.25, 0.3) is 0 Å². The highest BCUT2D eigenvalue weighted by atomic mass is 19.1. The topological polar surface area (TPSA) is 83.9 Å². The Kier molecular flexibility index (Phi) is 5.48. The number of carbonyl (C=O) groups excluding carboxylic acids is 1. The number of halogens is 1. The number of hydrogen-bond acceptors (Lipinski definition) is 5. The summed E-state index contributed by atoms with van der Waals surface area (Å²) in [6.07, 6.45) is 4.71. The van der Waals surface area contributed by atoms with E-state index in [1.807, 2.05) is 29.1 Å². The maximum Gasteiger partial charge on any atom is 0.252 e. The van der Waals surface area contributed by atoms with Crippen LogP contribution in [0.3, 0.4) is 0 Å². The monoisotopic (exact) mass is 420 g/mol. The van der Waals surface area contributed by atoms with E-state index in [0.29, 0.717) is 18.0 Å². The van der Waals surface area contributed by atoms with E-state index in [0.717, 1.165) is 25.0 Å². The second-order valence-corrected chi connectivity index (χ2v) is 8.36. The third-order valence-corrected chi connectivity index (χ3v) is 6.29. The first-order valence-corrected chi connectivity index (χ1v) is 10.7. The summed E-state index contributed by atoms with van der Waals surface area (Å²) < 4.78 is 15.3. The molecule has 160 valence electrons. The zero-order chi connectivity index (χ0) is 21.2. The van der Waals surface area contributed by atoms with Crippen molar-refractivity contribution in [3.63, 3.8) is 0 Å². The summed E-state index contributed by atoms with van der Waals surface area (Å²) >= 11 is 0. The van der Waals surface area contributed by atoms with Crippen LogP contribution in [0.2, 0.25) is 0 Å². The SMILES string of the molecule is O=C(NC1NNC2CCC(c3cn(Cc4ccccc4)nn3)CC21)c1cccc(F)c1. The number of carbonyl (C=O) groups is 1. The lowest BCUT2D eigenvalue weighted by Gasteiger charge is -2.32. The van der Waals surface area contributed by atoms with Crippen molar-refractivity contribution in [2.45, 2.75) is 43.9 Å². The Hall–Kier alpha value is -3.10. The van der Waals surface area contributed by atoms with E-state index in [2.05, 4.69) is 38.6 Å². The smallest absolute Gasteiger partial charge is 0.252 e. The van der Waals surface area contributed by atoms with E-state index in [9.17, 15) is 9.18 Å². The Balaban J connectivity index is 1.24. The number of benzene rings is 2. The van der Waals surface area contributed by atoms with Crippen molar-refractivity contribution in [1.82, 2.24) is 31.2 Å². The molecule has 1 aromatic heterocycles. The molecule has 1 aliphatic carbocycles. The third kappa shape index (κ3) is 4.35. The number of fused-ring (bicyclic) bond motifs is 1. The second kappa shape index (κ2) is 8.56. The van der Waals surface area contributed by atoms with Gasteiger partial charge in [0.05, 0.1) is 18.4 Å². The molecule has 0 spiro atoms. The zero-order valence-electron chi connectivity index (χ0n) is 17.0. The predicted molar refractivity (Wildman–Crippen MR) is 113 cm³/mol. The van der Waals surface area contributed by atoms with E-state index in [1.54, 1.807) is 12.1 Å². The van der Waals surface area contributed by atoms with Gasteiger partial charge in [-0.25, -0.2) is 14.5 Å². The summed E-state index contributed by atoms with van der Waals surface area (Å²) in [4.78, 5) is 12.6. The lowest BCUT2D eigenvalue weighted by atomic mass is 9.76. The summed E-state index contributed by atoms with van der Waals surface area (Å²) in [6.45, 7) is 0.696. The summed E-state index contributed by atoms with van der Waals surface area (Å²) in [5.41, 5.74) is 9.02. The second-order valence-electron chi connectivity index (χ2n) is 8.36. The van der Waals surface area contributed by atoms with E-state index in [4.69, 9.17) is 0 Å². The number of hydrogen-bond donors (Lipinski definition) is 3. The van der Waals surface area contributed by atoms with E-state index in [-0.39, 0.29) is 24.0 Å². The molecule has 1 aliphatic heterocycles. The first-order chi connectivity index (χ1) is 15.2. The van der Waals surface area contributed by atoms with Crippen LogP contribution >= 0.6 is 0 Å². The molecule has 0 radical (unpaired) electrons. The van der Waals surface area contributed by atoms with Gasteiger partial charge in [0.25, 0.3) is 5.91 Å². The maximum atomic E-state index is 13.5. The molecule has 4 atom stereocenters. The fourth-order valence-corrected chi connectivity index (χ4v) is 4.67. The van der Waals surface area contributed by atoms with Gasteiger partial charge in [-0.05, 0) is 43.0 Å². The van der Waals surface area contributed by atoms with Crippen molar-refractivity contribution < 1.29 is 9.18 Å². The average Bonchev–Trinajstić information content (AvgIpc) is 3.41. The highest BCUT2D eigenvalue weighted by Crippen LogP contribution is 2.38. The third-order valence-electron chi connectivity index (χ3n) is 6.29. The Labute approximate surface area is 180 Å². The minimum Gasteiger partial charge on any atom is -0.335 e. The van der Waals surface area contributed by atoms with Gasteiger partial charge in [0.1, 0.15) is 5.82 Å². The number of hydrazine groups is 1. The number of nitrogens with one attached hydrogen (secondary N) is 3. The molecule has 3 aromatic rings. The highest BCUT2D eigenvalue weighted by Gasteiger charge is 2.42. The average molecular weight is 420 g/mol. The van der Waals surface area contributed by atoms with Crippen LogP contribution in [0.5, 0.6) is 0 Å². The van der Waals surface area contributed by atoms with Crippen molar-refractivity contribution in [3.05, 3.63) is 83.4 Å². The van der Waals surface area contributed by atoms with Crippen LogP contribution in [0.4, 0.5) is 4.39 Å². The molecule has 2 fully saturated rings. The van der Waals surface area contributed by atoms with Gasteiger partial charge in [-0.15, -0.1) is 5.10 Å². The lowest BCUT2D eigenvalue weighted by Crippen LogP contribution is -2.47. The molecule has 4 unspecified atom stereocenters. The van der Waals surface area contributed by atoms with Crippen molar-refractivity contribution in [2.24, 2.45) is 5.92 Å². The van der Waals surface area contributed by atoms with Crippen LogP contribution in [0, 0.1) is 11.7 Å². The van der Waals surface area contributed by atoms with E-state index < -0.39 is 5.82 Å². The van der Waals surface area contributed by atoms with Crippen LogP contribution in [0.1, 0.15) is 46.8 Å². The number of aromatic nitrogens is 3. The van der Waals surface area contributed by atoms with Crippen LogP contribution in [0.15, 0.2) is 60.8 Å². The van der Waals surface area contributed by atoms with Gasteiger partial charge in [-0.1, -0.05) is 41.6 Å². The fraction of sp³-hybridized carbons (Fsp3) is 0.348. The van der Waals surface area contributed by atoms with Crippen molar-refractivity contribution in [1.29, 1.82) is 0 Å². The molecule has 1 amide bonds. The van der Waals surface area contributed by atoms with Crippen molar-refractivity contribution >= 4 is 5.91 Å². The summed E-state index contributed by atoms with van der Waals surface area (Å²) in [5, 5.41) is 11.8. The van der Waals surface area contributed by atoms with Gasteiger partial charge in [0.15, 0.2) is 0 Å². The molecule has 2 heterocycles. The zero-order valence-corrected chi connectivity index (χ0v) is 17.0. The standard InChI is InChI=1S/C23H25FN6O/c24-18-8-4-7-17(11-18)23(31)25-22-19-12-16(9-10-20(19)26-28-22)21-14-30(29-27-21)13-15-5-2-1-3-6-15/h1-8,11,14,16,19-20,22,26,28H,9-10,12-13H2,(H,25,31). The summed E-state index contributed by atoms with van der Waals surface area (Å²) in [5.74, 6) is -0.189. The number of rotatable bonds is 5. The van der Waals surface area contributed by atoms with E-state index in [1.165, 1.54) is 17.7 Å². The van der Waals surface area contributed by atoms with Gasteiger partial charge >= 0.3 is 0 Å². The largest absolute Gasteiger partial charge is 0.335 e. The molecule has 1 saturated carbocycles. The number of nitrogens with zero attached hydrogens (tertiary/aromatic N) is 3. The molecule has 31 heavy (non-hydrogen) atoms. The Morgan fingerprint density at radius 2 is 2.00 bits per heavy atom. The molecule has 7 nitrogen and oxygen atoms in total. The van der Waals surface area contributed by atoms with Gasteiger partial charge in [-0.2, -0.15) is 0 Å². The van der Waals surface area contributed by atoms with Gasteiger partial charge in [-0.3, -0.25) is 10.2 Å². The maximum absolute atomic E-state index is 13.5. The first kappa shape index (κ1) is 19.8. The molecular formula is C23H25FN6O.